The van der Waals surface area contributed by atoms with Crippen LogP contribution in [0.3, 0.4) is 0 Å². The third-order valence-corrected chi connectivity index (χ3v) is 7.84. The van der Waals surface area contributed by atoms with Crippen LogP contribution in [0.4, 0.5) is 11.4 Å². The van der Waals surface area contributed by atoms with Crippen LogP contribution in [-0.4, -0.2) is 34.0 Å². The van der Waals surface area contributed by atoms with Crippen molar-refractivity contribution in [1.29, 1.82) is 0 Å². The van der Waals surface area contributed by atoms with E-state index in [2.05, 4.69) is 28.7 Å². The van der Waals surface area contributed by atoms with Gasteiger partial charge in [0, 0.05) is 43.5 Å². The molecule has 2 aromatic carbocycles. The van der Waals surface area contributed by atoms with E-state index in [1.54, 1.807) is 29.2 Å². The number of carbonyl (C=O) groups excluding carboxylic acids is 1. The zero-order valence-corrected chi connectivity index (χ0v) is 19.1. The fraction of sp³-hybridized carbons (Fsp3) is 0.458. The number of nitrogens with zero attached hydrogens (tertiary/aromatic N) is 2. The van der Waals surface area contributed by atoms with E-state index in [1.165, 1.54) is 18.5 Å². The molecule has 1 amide bonds. The molecule has 0 radical (unpaired) electrons. The van der Waals surface area contributed by atoms with Gasteiger partial charge >= 0.3 is 0 Å². The van der Waals surface area contributed by atoms with Crippen molar-refractivity contribution in [2.45, 2.75) is 50.5 Å². The van der Waals surface area contributed by atoms with E-state index in [0.717, 1.165) is 30.8 Å². The van der Waals surface area contributed by atoms with Gasteiger partial charge in [0.25, 0.3) is 0 Å². The van der Waals surface area contributed by atoms with E-state index in [0.29, 0.717) is 18.9 Å². The molecule has 0 aromatic heterocycles. The average Bonchev–Trinajstić information content (AvgIpc) is 3.19. The van der Waals surface area contributed by atoms with Crippen LogP contribution in [0.25, 0.3) is 0 Å². The third kappa shape index (κ3) is 4.93. The van der Waals surface area contributed by atoms with Gasteiger partial charge in [-0.25, -0.2) is 13.1 Å². The molecule has 2 aliphatic rings. The van der Waals surface area contributed by atoms with Crippen LogP contribution in [0.5, 0.6) is 0 Å². The molecule has 31 heavy (non-hydrogen) atoms. The van der Waals surface area contributed by atoms with Crippen LogP contribution in [-0.2, 0) is 14.8 Å². The van der Waals surface area contributed by atoms with Gasteiger partial charge in [-0.2, -0.15) is 0 Å². The smallest absolute Gasteiger partial charge is 0.241 e. The van der Waals surface area contributed by atoms with Crippen molar-refractivity contribution in [3.05, 3.63) is 54.1 Å². The minimum atomic E-state index is -3.66. The SMILES string of the molecule is C[C@@H]1CCCN(c2ccc([C@H](C)NS(=O)(=O)c3ccc(N4CCCC4=O)cc3)cc2)C1. The Morgan fingerprint density at radius 1 is 0.968 bits per heavy atom. The molecule has 2 aliphatic heterocycles. The lowest BCUT2D eigenvalue weighted by molar-refractivity contribution is -0.117. The molecule has 2 aromatic rings. The standard InChI is InChI=1S/C24H31N3O3S/c1-18-5-3-15-26(17-18)21-9-7-20(8-10-21)19(2)25-31(29,30)23-13-11-22(12-14-23)27-16-4-6-24(27)28/h7-14,18-19,25H,3-6,15-17H2,1-2H3/t18-,19+/m1/s1. The summed E-state index contributed by atoms with van der Waals surface area (Å²) in [5, 5.41) is 0. The number of hydrogen-bond acceptors (Lipinski definition) is 4. The Labute approximate surface area is 185 Å². The summed E-state index contributed by atoms with van der Waals surface area (Å²) in [4.78, 5) is 16.2. The molecule has 0 unspecified atom stereocenters. The van der Waals surface area contributed by atoms with E-state index in [4.69, 9.17) is 0 Å². The molecule has 0 saturated carbocycles. The van der Waals surface area contributed by atoms with E-state index < -0.39 is 10.0 Å². The van der Waals surface area contributed by atoms with Gasteiger partial charge in [-0.15, -0.1) is 0 Å². The molecule has 7 heteroatoms. The number of sulfonamides is 1. The van der Waals surface area contributed by atoms with Gasteiger partial charge in [0.05, 0.1) is 4.90 Å². The average molecular weight is 442 g/mol. The quantitative estimate of drug-likeness (QED) is 0.733. The fourth-order valence-corrected chi connectivity index (χ4v) is 5.72. The Balaban J connectivity index is 1.42. The second-order valence-electron chi connectivity index (χ2n) is 8.77. The Morgan fingerprint density at radius 2 is 1.65 bits per heavy atom. The summed E-state index contributed by atoms with van der Waals surface area (Å²) in [6, 6.07) is 14.4. The highest BCUT2D eigenvalue weighted by Crippen LogP contribution is 2.26. The van der Waals surface area contributed by atoms with Crippen molar-refractivity contribution >= 4 is 27.3 Å². The number of rotatable bonds is 6. The number of nitrogens with one attached hydrogen (secondary N) is 1. The molecular weight excluding hydrogens is 410 g/mol. The molecular formula is C24H31N3O3S. The molecule has 4 rings (SSSR count). The van der Waals surface area contributed by atoms with E-state index >= 15 is 0 Å². The zero-order valence-electron chi connectivity index (χ0n) is 18.3. The molecule has 2 atom stereocenters. The van der Waals surface area contributed by atoms with Gasteiger partial charge in [-0.05, 0) is 74.1 Å². The minimum Gasteiger partial charge on any atom is -0.371 e. The lowest BCUT2D eigenvalue weighted by Crippen LogP contribution is -2.34. The number of piperidine rings is 1. The highest BCUT2D eigenvalue weighted by Gasteiger charge is 2.23. The van der Waals surface area contributed by atoms with Crippen molar-refractivity contribution in [1.82, 2.24) is 4.72 Å². The molecule has 166 valence electrons. The fourth-order valence-electron chi connectivity index (χ4n) is 4.49. The molecule has 2 saturated heterocycles. The van der Waals surface area contributed by atoms with Crippen molar-refractivity contribution < 1.29 is 13.2 Å². The summed E-state index contributed by atoms with van der Waals surface area (Å²) in [5.74, 6) is 0.791. The predicted octanol–water partition coefficient (Wildman–Crippen LogP) is 4.09. The largest absolute Gasteiger partial charge is 0.371 e. The maximum atomic E-state index is 12.9. The molecule has 2 fully saturated rings. The summed E-state index contributed by atoms with van der Waals surface area (Å²) in [6.45, 7) is 6.97. The second kappa shape index (κ2) is 9.01. The summed E-state index contributed by atoms with van der Waals surface area (Å²) in [6.07, 6.45) is 3.88. The van der Waals surface area contributed by atoms with Crippen LogP contribution >= 0.6 is 0 Å². The monoisotopic (exact) mass is 441 g/mol. The van der Waals surface area contributed by atoms with Crippen LogP contribution in [0, 0.1) is 5.92 Å². The first-order valence-electron chi connectivity index (χ1n) is 11.1. The first-order valence-corrected chi connectivity index (χ1v) is 12.6. The number of anilines is 2. The maximum absolute atomic E-state index is 12.9. The van der Waals surface area contributed by atoms with Crippen LogP contribution in [0.1, 0.15) is 51.1 Å². The summed E-state index contributed by atoms with van der Waals surface area (Å²) < 4.78 is 28.5. The van der Waals surface area contributed by atoms with Gasteiger partial charge in [0.2, 0.25) is 15.9 Å². The molecule has 1 N–H and O–H groups in total. The Kier molecular flexibility index (Phi) is 6.34. The van der Waals surface area contributed by atoms with Gasteiger partial charge in [0.15, 0.2) is 0 Å². The minimum absolute atomic E-state index is 0.0878. The van der Waals surface area contributed by atoms with Crippen molar-refractivity contribution in [2.24, 2.45) is 5.92 Å². The predicted molar refractivity (Wildman–Crippen MR) is 124 cm³/mol. The van der Waals surface area contributed by atoms with Gasteiger partial charge in [-0.3, -0.25) is 4.79 Å². The number of amides is 1. The zero-order chi connectivity index (χ0) is 22.0. The molecule has 0 aliphatic carbocycles. The lowest BCUT2D eigenvalue weighted by Gasteiger charge is -2.33. The normalized spacial score (nSPS) is 20.8. The summed E-state index contributed by atoms with van der Waals surface area (Å²) >= 11 is 0. The highest BCUT2D eigenvalue weighted by molar-refractivity contribution is 7.89. The van der Waals surface area contributed by atoms with E-state index in [9.17, 15) is 13.2 Å². The Hall–Kier alpha value is -2.38. The van der Waals surface area contributed by atoms with Crippen molar-refractivity contribution in [2.75, 3.05) is 29.4 Å². The Bertz CT molecular complexity index is 1020. The Morgan fingerprint density at radius 3 is 2.26 bits per heavy atom. The second-order valence-corrected chi connectivity index (χ2v) is 10.5. The third-order valence-electron chi connectivity index (χ3n) is 6.28. The van der Waals surface area contributed by atoms with Crippen molar-refractivity contribution in [3.8, 4) is 0 Å². The highest BCUT2D eigenvalue weighted by atomic mass is 32.2. The van der Waals surface area contributed by atoms with Gasteiger partial charge < -0.3 is 9.80 Å². The number of hydrogen-bond donors (Lipinski definition) is 1. The molecule has 2 heterocycles. The maximum Gasteiger partial charge on any atom is 0.241 e. The lowest BCUT2D eigenvalue weighted by atomic mass is 9.99. The van der Waals surface area contributed by atoms with Crippen LogP contribution in [0.2, 0.25) is 0 Å². The van der Waals surface area contributed by atoms with Crippen LogP contribution < -0.4 is 14.5 Å². The van der Waals surface area contributed by atoms with Gasteiger partial charge in [-0.1, -0.05) is 19.1 Å². The van der Waals surface area contributed by atoms with Crippen molar-refractivity contribution in [3.63, 3.8) is 0 Å². The van der Waals surface area contributed by atoms with Gasteiger partial charge in [0.1, 0.15) is 0 Å². The molecule has 6 nitrogen and oxygen atoms in total. The number of carbonyl (C=O) groups is 1. The molecule has 0 spiro atoms. The summed E-state index contributed by atoms with van der Waals surface area (Å²) in [5.41, 5.74) is 2.87. The molecule has 0 bridgehead atoms. The first-order chi connectivity index (χ1) is 14.8. The first kappa shape index (κ1) is 21.8. The van der Waals surface area contributed by atoms with Crippen LogP contribution in [0.15, 0.2) is 53.4 Å². The van der Waals surface area contributed by atoms with E-state index in [1.807, 2.05) is 19.1 Å². The summed E-state index contributed by atoms with van der Waals surface area (Å²) in [7, 11) is -3.66. The topological polar surface area (TPSA) is 69.7 Å². The van der Waals surface area contributed by atoms with E-state index in [-0.39, 0.29) is 16.8 Å². The number of benzene rings is 2.